The molecule has 1 fully saturated rings. The summed E-state index contributed by atoms with van der Waals surface area (Å²) in [5.74, 6) is 1.17. The number of piperidine rings is 1. The minimum absolute atomic E-state index is 0.0198. The smallest absolute Gasteiger partial charge is 0.220 e. The average Bonchev–Trinajstić information content (AvgIpc) is 2.66. The Morgan fingerprint density at radius 1 is 1.30 bits per heavy atom. The van der Waals surface area contributed by atoms with Crippen molar-refractivity contribution in [1.82, 2.24) is 9.62 Å². The van der Waals surface area contributed by atoms with E-state index in [1.54, 1.807) is 11.4 Å². The molecule has 1 amide bonds. The first-order valence-electron chi connectivity index (χ1n) is 9.85. The molecule has 150 valence electrons. The number of nitrogens with one attached hydrogen (secondary N) is 1. The molecular weight excluding hydrogens is 364 g/mol. The predicted molar refractivity (Wildman–Crippen MR) is 105 cm³/mol. The lowest BCUT2D eigenvalue weighted by Crippen LogP contribution is -2.52. The van der Waals surface area contributed by atoms with Crippen LogP contribution in [0.1, 0.15) is 56.9 Å². The highest BCUT2D eigenvalue weighted by atomic mass is 32.2. The molecular formula is C20H30N2O4S. The number of nitrogens with zero attached hydrogens (tertiary/aromatic N) is 1. The molecule has 0 saturated carbocycles. The molecule has 1 saturated heterocycles. The highest BCUT2D eigenvalue weighted by molar-refractivity contribution is 7.89. The Balaban J connectivity index is 1.75. The van der Waals surface area contributed by atoms with Crippen molar-refractivity contribution in [3.05, 3.63) is 29.8 Å². The third kappa shape index (κ3) is 4.46. The van der Waals surface area contributed by atoms with Gasteiger partial charge >= 0.3 is 0 Å². The summed E-state index contributed by atoms with van der Waals surface area (Å²) >= 11 is 0. The van der Waals surface area contributed by atoms with Crippen molar-refractivity contribution in [2.75, 3.05) is 25.9 Å². The van der Waals surface area contributed by atoms with E-state index in [4.69, 9.17) is 4.74 Å². The number of fused-ring (bicyclic) bond motifs is 1. The summed E-state index contributed by atoms with van der Waals surface area (Å²) in [6.45, 7) is 2.97. The summed E-state index contributed by atoms with van der Waals surface area (Å²) < 4.78 is 33.0. The Kier molecular flexibility index (Phi) is 6.11. The monoisotopic (exact) mass is 394 g/mol. The summed E-state index contributed by atoms with van der Waals surface area (Å²) in [7, 11) is -1.53. The van der Waals surface area contributed by atoms with Gasteiger partial charge in [-0.3, -0.25) is 4.79 Å². The van der Waals surface area contributed by atoms with E-state index >= 15 is 0 Å². The van der Waals surface area contributed by atoms with Crippen LogP contribution in [0.5, 0.6) is 5.75 Å². The van der Waals surface area contributed by atoms with Crippen LogP contribution in [0.2, 0.25) is 0 Å². The number of benzene rings is 1. The summed E-state index contributed by atoms with van der Waals surface area (Å²) in [4.78, 5) is 12.0. The predicted octanol–water partition coefficient (Wildman–Crippen LogP) is 2.65. The van der Waals surface area contributed by atoms with E-state index in [0.717, 1.165) is 24.2 Å². The second kappa shape index (κ2) is 8.19. The molecule has 6 nitrogen and oxygen atoms in total. The number of sulfonamides is 1. The van der Waals surface area contributed by atoms with Gasteiger partial charge in [0.1, 0.15) is 11.4 Å². The van der Waals surface area contributed by atoms with E-state index in [1.165, 1.54) is 0 Å². The van der Waals surface area contributed by atoms with Crippen molar-refractivity contribution < 1.29 is 17.9 Å². The summed E-state index contributed by atoms with van der Waals surface area (Å²) in [5, 5.41) is 2.71. The van der Waals surface area contributed by atoms with Crippen molar-refractivity contribution >= 4 is 15.9 Å². The zero-order valence-electron chi connectivity index (χ0n) is 16.2. The highest BCUT2D eigenvalue weighted by Crippen LogP contribution is 2.46. The van der Waals surface area contributed by atoms with Gasteiger partial charge in [-0.1, -0.05) is 31.5 Å². The molecule has 2 heterocycles. The maximum atomic E-state index is 12.5. The molecule has 0 aliphatic carbocycles. The van der Waals surface area contributed by atoms with Crippen molar-refractivity contribution in [3.8, 4) is 5.75 Å². The van der Waals surface area contributed by atoms with Crippen molar-refractivity contribution in [2.24, 2.45) is 0 Å². The lowest BCUT2D eigenvalue weighted by atomic mass is 9.76. The molecule has 1 aromatic carbocycles. The van der Waals surface area contributed by atoms with E-state index in [9.17, 15) is 13.2 Å². The van der Waals surface area contributed by atoms with Gasteiger partial charge in [0.15, 0.2) is 0 Å². The van der Waals surface area contributed by atoms with Crippen LogP contribution in [0.15, 0.2) is 24.3 Å². The Morgan fingerprint density at radius 3 is 2.67 bits per heavy atom. The molecule has 0 aromatic heterocycles. The fourth-order valence-electron chi connectivity index (χ4n) is 4.19. The van der Waals surface area contributed by atoms with Crippen molar-refractivity contribution in [3.63, 3.8) is 0 Å². The lowest BCUT2D eigenvalue weighted by Gasteiger charge is -2.46. The van der Waals surface area contributed by atoms with Gasteiger partial charge < -0.3 is 10.1 Å². The Hall–Kier alpha value is -1.60. The molecule has 1 unspecified atom stereocenters. The van der Waals surface area contributed by atoms with Gasteiger partial charge in [-0.2, -0.15) is 0 Å². The van der Waals surface area contributed by atoms with E-state index in [2.05, 4.69) is 5.32 Å². The van der Waals surface area contributed by atoms with Gasteiger partial charge in [0.2, 0.25) is 15.9 Å². The fraction of sp³-hybridized carbons (Fsp3) is 0.650. The molecule has 1 spiro atoms. The number of carbonyl (C=O) groups is 1. The first kappa shape index (κ1) is 20.1. The molecule has 1 atom stereocenters. The maximum absolute atomic E-state index is 12.5. The van der Waals surface area contributed by atoms with E-state index in [1.807, 2.05) is 31.2 Å². The molecule has 27 heavy (non-hydrogen) atoms. The number of hydrogen-bond donors (Lipinski definition) is 1. The minimum Gasteiger partial charge on any atom is -0.487 e. The van der Waals surface area contributed by atoms with Gasteiger partial charge in [0.05, 0.1) is 5.75 Å². The number of amides is 1. The van der Waals surface area contributed by atoms with Gasteiger partial charge in [0, 0.05) is 45.3 Å². The zero-order chi connectivity index (χ0) is 19.5. The van der Waals surface area contributed by atoms with Crippen LogP contribution in [0.4, 0.5) is 0 Å². The van der Waals surface area contributed by atoms with Crippen LogP contribution >= 0.6 is 0 Å². The molecule has 0 radical (unpaired) electrons. The van der Waals surface area contributed by atoms with Crippen LogP contribution in [-0.4, -0.2) is 50.1 Å². The Labute approximate surface area is 162 Å². The number of hydrogen-bond acceptors (Lipinski definition) is 4. The second-order valence-electron chi connectivity index (χ2n) is 7.67. The molecule has 2 aliphatic heterocycles. The Bertz CT molecular complexity index is 770. The second-order valence-corrected chi connectivity index (χ2v) is 9.76. The summed E-state index contributed by atoms with van der Waals surface area (Å²) in [5.41, 5.74) is 0.689. The minimum atomic E-state index is -3.18. The third-order valence-electron chi connectivity index (χ3n) is 5.80. The normalized spacial score (nSPS) is 22.1. The van der Waals surface area contributed by atoms with E-state index in [0.29, 0.717) is 38.8 Å². The zero-order valence-corrected chi connectivity index (χ0v) is 17.1. The van der Waals surface area contributed by atoms with Crippen LogP contribution in [0, 0.1) is 0 Å². The standard InChI is InChI=1S/C20H30N2O4S/c1-3-4-13-27(24,25)22-11-9-20(10-12-22)15-16(14-19(23)21-2)17-7-5-6-8-18(17)26-20/h5-8,16H,3-4,9-15H2,1-2H3,(H,21,23). The van der Waals surface area contributed by atoms with E-state index < -0.39 is 10.0 Å². The highest BCUT2D eigenvalue weighted by Gasteiger charge is 2.45. The SMILES string of the molecule is CCCCS(=O)(=O)N1CCC2(CC1)CC(CC(=O)NC)c1ccccc1O2. The van der Waals surface area contributed by atoms with E-state index in [-0.39, 0.29) is 23.2 Å². The van der Waals surface area contributed by atoms with Crippen LogP contribution in [0.3, 0.4) is 0 Å². The number of para-hydroxylation sites is 1. The number of ether oxygens (including phenoxy) is 1. The van der Waals surface area contributed by atoms with Crippen LogP contribution in [-0.2, 0) is 14.8 Å². The number of rotatable bonds is 6. The molecule has 1 N–H and O–H groups in total. The number of carbonyl (C=O) groups excluding carboxylic acids is 1. The maximum Gasteiger partial charge on any atom is 0.220 e. The topological polar surface area (TPSA) is 75.7 Å². The van der Waals surface area contributed by atoms with Gasteiger partial charge in [-0.05, 0) is 24.5 Å². The fourth-order valence-corrected chi connectivity index (χ4v) is 5.84. The van der Waals surface area contributed by atoms with Crippen molar-refractivity contribution in [1.29, 1.82) is 0 Å². The van der Waals surface area contributed by atoms with Gasteiger partial charge in [-0.15, -0.1) is 0 Å². The summed E-state index contributed by atoms with van der Waals surface area (Å²) in [6, 6.07) is 7.90. The first-order chi connectivity index (χ1) is 12.9. The van der Waals surface area contributed by atoms with Crippen LogP contribution in [0.25, 0.3) is 0 Å². The van der Waals surface area contributed by atoms with Gasteiger partial charge in [0.25, 0.3) is 0 Å². The average molecular weight is 395 g/mol. The molecule has 7 heteroatoms. The molecule has 0 bridgehead atoms. The lowest BCUT2D eigenvalue weighted by molar-refractivity contribution is -0.121. The number of unbranched alkanes of at least 4 members (excludes halogenated alkanes) is 1. The molecule has 2 aliphatic rings. The molecule has 1 aromatic rings. The van der Waals surface area contributed by atoms with Crippen molar-refractivity contribution in [2.45, 2.75) is 57.0 Å². The van der Waals surface area contributed by atoms with Gasteiger partial charge in [-0.25, -0.2) is 12.7 Å². The van der Waals surface area contributed by atoms with Crippen LogP contribution < -0.4 is 10.1 Å². The molecule has 3 rings (SSSR count). The largest absolute Gasteiger partial charge is 0.487 e. The first-order valence-corrected chi connectivity index (χ1v) is 11.5. The third-order valence-corrected chi connectivity index (χ3v) is 7.75. The summed E-state index contributed by atoms with van der Waals surface area (Å²) in [6.07, 6.45) is 4.07. The quantitative estimate of drug-likeness (QED) is 0.805. The Morgan fingerprint density at radius 2 is 2.00 bits per heavy atom.